The van der Waals surface area contributed by atoms with Crippen LogP contribution in [-0.2, 0) is 0 Å². The molecule has 0 saturated heterocycles. The minimum Gasteiger partial charge on any atom is -0.205 e. The van der Waals surface area contributed by atoms with Gasteiger partial charge in [-0.05, 0) is 12.1 Å². The van der Waals surface area contributed by atoms with Crippen LogP contribution in [0.3, 0.4) is 0 Å². The lowest BCUT2D eigenvalue weighted by atomic mass is 10.1. The van der Waals surface area contributed by atoms with Gasteiger partial charge in [-0.25, -0.2) is 17.6 Å². The van der Waals surface area contributed by atoms with Gasteiger partial charge in [0.25, 0.3) is 12.9 Å². The Hall–Kier alpha value is -1.06. The van der Waals surface area contributed by atoms with Crippen molar-refractivity contribution in [3.8, 4) is 0 Å². The lowest BCUT2D eigenvalue weighted by molar-refractivity contribution is 0.144. The van der Waals surface area contributed by atoms with Crippen molar-refractivity contribution < 1.29 is 17.6 Å². The van der Waals surface area contributed by atoms with Crippen molar-refractivity contribution in [1.82, 2.24) is 0 Å². The lowest BCUT2D eigenvalue weighted by Gasteiger charge is -2.01. The average Bonchev–Trinajstić information content (AvgIpc) is 2.04. The van der Waals surface area contributed by atoms with Gasteiger partial charge in [-0.15, -0.1) is 0 Å². The first kappa shape index (κ1) is 9.03. The van der Waals surface area contributed by atoms with Gasteiger partial charge in [0.15, 0.2) is 0 Å². The molecule has 0 aliphatic rings. The maximum atomic E-state index is 12.0. The molecule has 0 spiro atoms. The van der Waals surface area contributed by atoms with E-state index in [2.05, 4.69) is 6.07 Å². The second kappa shape index (κ2) is 3.56. The third kappa shape index (κ3) is 1.96. The summed E-state index contributed by atoms with van der Waals surface area (Å²) in [5, 5.41) is 0. The summed E-state index contributed by atoms with van der Waals surface area (Å²) >= 11 is 0. The lowest BCUT2D eigenvalue weighted by Crippen LogP contribution is -1.89. The second-order valence-electron chi connectivity index (χ2n) is 2.18. The minimum absolute atomic E-state index is 0.399. The predicted octanol–water partition coefficient (Wildman–Crippen LogP) is 3.36. The molecule has 0 unspecified atom stereocenters. The standard InChI is InChI=1S/C8H5F4/c9-7(10)5-2-1-3-6(4-5)8(11)12/h1-2,4,7-8H. The molecular formula is C8H5F4. The Morgan fingerprint density at radius 2 is 1.75 bits per heavy atom. The van der Waals surface area contributed by atoms with Crippen LogP contribution in [0.4, 0.5) is 17.6 Å². The van der Waals surface area contributed by atoms with Gasteiger partial charge in [0.2, 0.25) is 0 Å². The number of hydrogen-bond donors (Lipinski definition) is 0. The Labute approximate surface area is 66.8 Å². The van der Waals surface area contributed by atoms with Gasteiger partial charge in [0, 0.05) is 11.1 Å². The molecule has 0 aromatic heterocycles. The van der Waals surface area contributed by atoms with E-state index in [4.69, 9.17) is 0 Å². The zero-order chi connectivity index (χ0) is 9.14. The number of rotatable bonds is 2. The quantitative estimate of drug-likeness (QED) is 0.607. The van der Waals surface area contributed by atoms with Gasteiger partial charge in [0.05, 0.1) is 0 Å². The van der Waals surface area contributed by atoms with Crippen LogP contribution in [0.1, 0.15) is 24.0 Å². The van der Waals surface area contributed by atoms with Crippen molar-refractivity contribution in [3.63, 3.8) is 0 Å². The number of halogens is 4. The van der Waals surface area contributed by atoms with Crippen molar-refractivity contribution in [2.75, 3.05) is 0 Å². The summed E-state index contributed by atoms with van der Waals surface area (Å²) in [6.07, 6.45) is -5.46. The number of benzene rings is 1. The molecule has 4 heteroatoms. The van der Waals surface area contributed by atoms with Gasteiger partial charge in [-0.2, -0.15) is 0 Å². The summed E-state index contributed by atoms with van der Waals surface area (Å²) in [4.78, 5) is 0. The van der Waals surface area contributed by atoms with Crippen LogP contribution in [-0.4, -0.2) is 0 Å². The third-order valence-corrected chi connectivity index (χ3v) is 1.34. The normalized spacial score (nSPS) is 11.2. The molecule has 1 aromatic carbocycles. The van der Waals surface area contributed by atoms with Gasteiger partial charge in [-0.1, -0.05) is 12.1 Å². The molecular weight excluding hydrogens is 172 g/mol. The van der Waals surface area contributed by atoms with Crippen LogP contribution in [0, 0.1) is 6.07 Å². The Kier molecular flexibility index (Phi) is 2.68. The average molecular weight is 177 g/mol. The summed E-state index contributed by atoms with van der Waals surface area (Å²) < 4.78 is 47.8. The minimum atomic E-state index is -2.75. The highest BCUT2D eigenvalue weighted by molar-refractivity contribution is 5.23. The van der Waals surface area contributed by atoms with E-state index in [0.717, 1.165) is 18.2 Å². The van der Waals surface area contributed by atoms with Crippen molar-refractivity contribution in [2.24, 2.45) is 0 Å². The fourth-order valence-corrected chi connectivity index (χ4v) is 0.765. The van der Waals surface area contributed by atoms with Gasteiger partial charge >= 0.3 is 0 Å². The highest BCUT2D eigenvalue weighted by atomic mass is 19.3. The van der Waals surface area contributed by atoms with E-state index < -0.39 is 24.0 Å². The van der Waals surface area contributed by atoms with Gasteiger partial charge < -0.3 is 0 Å². The van der Waals surface area contributed by atoms with E-state index in [1.165, 1.54) is 0 Å². The molecule has 0 aliphatic carbocycles. The van der Waals surface area contributed by atoms with Crippen LogP contribution in [0.2, 0.25) is 0 Å². The summed E-state index contributed by atoms with van der Waals surface area (Å²) in [7, 11) is 0. The molecule has 0 nitrogen and oxygen atoms in total. The molecule has 12 heavy (non-hydrogen) atoms. The first-order valence-electron chi connectivity index (χ1n) is 3.19. The van der Waals surface area contributed by atoms with Crippen molar-refractivity contribution in [1.29, 1.82) is 0 Å². The maximum Gasteiger partial charge on any atom is 0.264 e. The van der Waals surface area contributed by atoms with Crippen LogP contribution >= 0.6 is 0 Å². The molecule has 65 valence electrons. The van der Waals surface area contributed by atoms with Crippen LogP contribution in [0.25, 0.3) is 0 Å². The highest BCUT2D eigenvalue weighted by Crippen LogP contribution is 2.24. The van der Waals surface area contributed by atoms with E-state index in [1.807, 2.05) is 0 Å². The Morgan fingerprint density at radius 1 is 1.08 bits per heavy atom. The molecule has 0 amide bonds. The van der Waals surface area contributed by atoms with E-state index in [0.29, 0.717) is 0 Å². The SMILES string of the molecule is FC(F)c1[c]ccc(C(F)F)c1. The zero-order valence-electron chi connectivity index (χ0n) is 5.90. The molecule has 0 heterocycles. The predicted molar refractivity (Wildman–Crippen MR) is 35.2 cm³/mol. The fourth-order valence-electron chi connectivity index (χ4n) is 0.765. The summed E-state index contributed by atoms with van der Waals surface area (Å²) in [5.74, 6) is 0. The number of alkyl halides is 4. The van der Waals surface area contributed by atoms with Crippen LogP contribution in [0.15, 0.2) is 18.2 Å². The molecule has 0 saturated carbocycles. The molecule has 1 radical (unpaired) electrons. The Morgan fingerprint density at radius 3 is 2.25 bits per heavy atom. The highest BCUT2D eigenvalue weighted by Gasteiger charge is 2.11. The maximum absolute atomic E-state index is 12.0. The van der Waals surface area contributed by atoms with E-state index >= 15 is 0 Å². The molecule has 0 bridgehead atoms. The van der Waals surface area contributed by atoms with Crippen LogP contribution < -0.4 is 0 Å². The second-order valence-corrected chi connectivity index (χ2v) is 2.18. The summed E-state index contributed by atoms with van der Waals surface area (Å²) in [6, 6.07) is 5.08. The van der Waals surface area contributed by atoms with Gasteiger partial charge in [0.1, 0.15) is 0 Å². The smallest absolute Gasteiger partial charge is 0.205 e. The van der Waals surface area contributed by atoms with E-state index in [9.17, 15) is 17.6 Å². The first-order chi connectivity index (χ1) is 5.61. The van der Waals surface area contributed by atoms with E-state index in [-0.39, 0.29) is 0 Å². The Balaban J connectivity index is 2.96. The molecule has 1 aromatic rings. The fraction of sp³-hybridized carbons (Fsp3) is 0.250. The van der Waals surface area contributed by atoms with Crippen LogP contribution in [0.5, 0.6) is 0 Å². The zero-order valence-corrected chi connectivity index (χ0v) is 5.90. The molecule has 0 N–H and O–H groups in total. The molecule has 0 aliphatic heterocycles. The summed E-state index contributed by atoms with van der Waals surface area (Å²) in [6.45, 7) is 0. The van der Waals surface area contributed by atoms with E-state index in [1.54, 1.807) is 0 Å². The monoisotopic (exact) mass is 177 g/mol. The largest absolute Gasteiger partial charge is 0.264 e. The Bertz CT molecular complexity index is 234. The van der Waals surface area contributed by atoms with Crippen molar-refractivity contribution >= 4 is 0 Å². The third-order valence-electron chi connectivity index (χ3n) is 1.34. The number of hydrogen-bond acceptors (Lipinski definition) is 0. The molecule has 0 atom stereocenters. The molecule has 1 rings (SSSR count). The summed E-state index contributed by atoms with van der Waals surface area (Å²) in [5.41, 5.74) is -0.892. The van der Waals surface area contributed by atoms with Crippen molar-refractivity contribution in [2.45, 2.75) is 12.9 Å². The van der Waals surface area contributed by atoms with Crippen molar-refractivity contribution in [3.05, 3.63) is 35.4 Å². The topological polar surface area (TPSA) is 0 Å². The molecule has 0 fully saturated rings. The first-order valence-corrected chi connectivity index (χ1v) is 3.19. The van der Waals surface area contributed by atoms with Gasteiger partial charge in [-0.3, -0.25) is 0 Å².